The molecule has 0 amide bonds. The van der Waals surface area contributed by atoms with E-state index in [2.05, 4.69) is 0 Å². The largest absolute Gasteiger partial charge is 0.508 e. The molecular weight excluding hydrogens is 370 g/mol. The number of carbonyl (C=O) groups is 2. The van der Waals surface area contributed by atoms with Crippen LogP contribution < -0.4 is 5.73 Å². The molecule has 6 heteroatoms. The fourth-order valence-electron chi connectivity index (χ4n) is 2.59. The third kappa shape index (κ3) is 6.00. The maximum Gasteiger partial charge on any atom is 0.336 e. The summed E-state index contributed by atoms with van der Waals surface area (Å²) in [6, 6.07) is 20.9. The lowest BCUT2D eigenvalue weighted by Gasteiger charge is -2.13. The molecule has 29 heavy (non-hydrogen) atoms. The van der Waals surface area contributed by atoms with E-state index in [1.807, 2.05) is 30.3 Å². The summed E-state index contributed by atoms with van der Waals surface area (Å²) in [5, 5.41) is 27.6. The Hall–Kier alpha value is -3.48. The van der Waals surface area contributed by atoms with E-state index in [0.717, 1.165) is 5.56 Å². The van der Waals surface area contributed by atoms with Crippen molar-refractivity contribution in [3.63, 3.8) is 0 Å². The summed E-state index contributed by atoms with van der Waals surface area (Å²) in [6.45, 7) is 1.79. The Balaban J connectivity index is 0.000000234. The highest BCUT2D eigenvalue weighted by molar-refractivity contribution is 6.14. The molecule has 3 aromatic carbocycles. The SMILES string of the molecule is CC(N)C(O)c1ccccc1.O=C(O)c1ccccc1C(=O)c1ccc(O)cc1. The van der Waals surface area contributed by atoms with Crippen LogP contribution in [0.4, 0.5) is 0 Å². The number of aromatic hydroxyl groups is 1. The first kappa shape index (κ1) is 21.8. The Morgan fingerprint density at radius 1 is 0.828 bits per heavy atom. The minimum absolute atomic E-state index is 0.0319. The molecule has 3 rings (SSSR count). The van der Waals surface area contributed by atoms with E-state index >= 15 is 0 Å². The van der Waals surface area contributed by atoms with Gasteiger partial charge in [-0.1, -0.05) is 48.5 Å². The average Bonchev–Trinajstić information content (AvgIpc) is 2.74. The topological polar surface area (TPSA) is 121 Å². The number of carboxylic acids is 1. The highest BCUT2D eigenvalue weighted by Crippen LogP contribution is 2.17. The first-order valence-corrected chi connectivity index (χ1v) is 8.96. The van der Waals surface area contributed by atoms with Crippen LogP contribution in [0.3, 0.4) is 0 Å². The molecule has 0 radical (unpaired) electrons. The normalized spacial score (nSPS) is 12.2. The third-order valence-electron chi connectivity index (χ3n) is 4.17. The number of benzene rings is 3. The average molecular weight is 393 g/mol. The zero-order valence-electron chi connectivity index (χ0n) is 15.9. The van der Waals surface area contributed by atoms with Crippen molar-refractivity contribution >= 4 is 11.8 Å². The number of nitrogens with two attached hydrogens (primary N) is 1. The quantitative estimate of drug-likeness (QED) is 0.493. The Morgan fingerprint density at radius 2 is 1.34 bits per heavy atom. The zero-order chi connectivity index (χ0) is 21.4. The van der Waals surface area contributed by atoms with Crippen LogP contribution >= 0.6 is 0 Å². The second-order valence-electron chi connectivity index (χ2n) is 6.44. The summed E-state index contributed by atoms with van der Waals surface area (Å²) in [6.07, 6.45) is -0.545. The van der Waals surface area contributed by atoms with Gasteiger partial charge in [-0.2, -0.15) is 0 Å². The van der Waals surface area contributed by atoms with Gasteiger partial charge in [-0.05, 0) is 42.8 Å². The van der Waals surface area contributed by atoms with E-state index in [0.29, 0.717) is 5.56 Å². The maximum atomic E-state index is 12.1. The van der Waals surface area contributed by atoms with Crippen LogP contribution in [0, 0.1) is 0 Å². The van der Waals surface area contributed by atoms with Crippen LogP contribution in [0.5, 0.6) is 5.75 Å². The van der Waals surface area contributed by atoms with Gasteiger partial charge in [0.1, 0.15) is 5.75 Å². The predicted molar refractivity (Wildman–Crippen MR) is 110 cm³/mol. The van der Waals surface area contributed by atoms with Crippen molar-refractivity contribution < 1.29 is 24.9 Å². The van der Waals surface area contributed by atoms with Crippen molar-refractivity contribution in [1.82, 2.24) is 0 Å². The van der Waals surface area contributed by atoms with Gasteiger partial charge in [-0.15, -0.1) is 0 Å². The molecule has 0 aromatic heterocycles. The molecule has 0 heterocycles. The maximum absolute atomic E-state index is 12.1. The first-order valence-electron chi connectivity index (χ1n) is 8.96. The number of ketones is 1. The molecule has 0 fully saturated rings. The number of hydrogen-bond donors (Lipinski definition) is 4. The van der Waals surface area contributed by atoms with E-state index in [1.54, 1.807) is 19.1 Å². The molecule has 0 saturated carbocycles. The standard InChI is InChI=1S/C14H10O4.C9H13NO/c15-10-7-5-9(6-8-10)13(16)11-3-1-2-4-12(11)14(17)18;1-7(10)9(11)8-5-3-2-4-6-8/h1-8,15H,(H,17,18);2-7,9,11H,10H2,1H3. The summed E-state index contributed by atoms with van der Waals surface area (Å²) in [7, 11) is 0. The number of phenols is 1. The third-order valence-corrected chi connectivity index (χ3v) is 4.17. The summed E-state index contributed by atoms with van der Waals surface area (Å²) < 4.78 is 0. The number of phenolic OH excluding ortho intramolecular Hbond substituents is 1. The monoisotopic (exact) mass is 393 g/mol. The highest BCUT2D eigenvalue weighted by Gasteiger charge is 2.17. The number of aliphatic hydroxyl groups excluding tert-OH is 1. The Bertz CT molecular complexity index is 953. The molecule has 150 valence electrons. The molecule has 6 nitrogen and oxygen atoms in total. The van der Waals surface area contributed by atoms with Crippen molar-refractivity contribution in [3.05, 3.63) is 101 Å². The Morgan fingerprint density at radius 3 is 1.86 bits per heavy atom. The molecule has 0 saturated heterocycles. The summed E-state index contributed by atoms with van der Waals surface area (Å²) >= 11 is 0. The second kappa shape index (κ2) is 10.2. The van der Waals surface area contributed by atoms with Gasteiger partial charge in [0.2, 0.25) is 0 Å². The van der Waals surface area contributed by atoms with Crippen molar-refractivity contribution in [1.29, 1.82) is 0 Å². The van der Waals surface area contributed by atoms with E-state index < -0.39 is 12.1 Å². The summed E-state index contributed by atoms with van der Waals surface area (Å²) in [5.74, 6) is -1.47. The van der Waals surface area contributed by atoms with Gasteiger partial charge in [0.15, 0.2) is 5.78 Å². The smallest absolute Gasteiger partial charge is 0.336 e. The van der Waals surface area contributed by atoms with Gasteiger partial charge in [-0.3, -0.25) is 4.79 Å². The van der Waals surface area contributed by atoms with E-state index in [1.165, 1.54) is 36.4 Å². The number of carbonyl (C=O) groups excluding carboxylic acids is 1. The zero-order valence-corrected chi connectivity index (χ0v) is 15.9. The van der Waals surface area contributed by atoms with Gasteiger partial charge in [0, 0.05) is 17.2 Å². The minimum Gasteiger partial charge on any atom is -0.508 e. The van der Waals surface area contributed by atoms with Gasteiger partial charge < -0.3 is 21.1 Å². The van der Waals surface area contributed by atoms with Crippen molar-refractivity contribution in [2.24, 2.45) is 5.73 Å². The van der Waals surface area contributed by atoms with Crippen LogP contribution in [0.2, 0.25) is 0 Å². The number of aliphatic hydroxyl groups is 1. The van der Waals surface area contributed by atoms with Crippen LogP contribution in [0.25, 0.3) is 0 Å². The van der Waals surface area contributed by atoms with Gasteiger partial charge in [0.05, 0.1) is 11.7 Å². The molecule has 2 atom stereocenters. The summed E-state index contributed by atoms with van der Waals surface area (Å²) in [4.78, 5) is 23.2. The molecule has 5 N–H and O–H groups in total. The van der Waals surface area contributed by atoms with E-state index in [9.17, 15) is 14.7 Å². The lowest BCUT2D eigenvalue weighted by Crippen LogP contribution is -2.24. The van der Waals surface area contributed by atoms with Gasteiger partial charge in [-0.25, -0.2) is 4.79 Å². The Kier molecular flexibility index (Phi) is 7.65. The fraction of sp³-hybridized carbons (Fsp3) is 0.130. The first-order chi connectivity index (χ1) is 13.8. The van der Waals surface area contributed by atoms with Crippen LogP contribution in [0.1, 0.15) is 44.9 Å². The number of aromatic carboxylic acids is 1. The number of carboxylic acid groups (broad SMARTS) is 1. The number of hydrogen-bond acceptors (Lipinski definition) is 5. The molecule has 2 unspecified atom stereocenters. The van der Waals surface area contributed by atoms with Gasteiger partial charge in [0.25, 0.3) is 0 Å². The van der Waals surface area contributed by atoms with Crippen molar-refractivity contribution in [2.75, 3.05) is 0 Å². The molecule has 0 bridgehead atoms. The molecule has 0 aliphatic heterocycles. The molecule has 0 aliphatic rings. The summed E-state index contributed by atoms with van der Waals surface area (Å²) in [5.41, 5.74) is 6.83. The number of rotatable bonds is 5. The highest BCUT2D eigenvalue weighted by atomic mass is 16.4. The molecular formula is C23H23NO5. The van der Waals surface area contributed by atoms with Crippen LogP contribution in [-0.4, -0.2) is 33.1 Å². The van der Waals surface area contributed by atoms with Crippen LogP contribution in [-0.2, 0) is 0 Å². The van der Waals surface area contributed by atoms with Crippen molar-refractivity contribution in [2.45, 2.75) is 19.1 Å². The minimum atomic E-state index is -1.14. The molecule has 0 spiro atoms. The fourth-order valence-corrected chi connectivity index (χ4v) is 2.59. The van der Waals surface area contributed by atoms with Crippen LogP contribution in [0.15, 0.2) is 78.9 Å². The molecule has 0 aliphatic carbocycles. The van der Waals surface area contributed by atoms with Crippen molar-refractivity contribution in [3.8, 4) is 5.75 Å². The Labute approximate surface area is 168 Å². The second-order valence-corrected chi connectivity index (χ2v) is 6.44. The van der Waals surface area contributed by atoms with E-state index in [4.69, 9.17) is 15.9 Å². The van der Waals surface area contributed by atoms with E-state index in [-0.39, 0.29) is 28.7 Å². The lowest BCUT2D eigenvalue weighted by molar-refractivity contribution is 0.0692. The lowest BCUT2D eigenvalue weighted by atomic mass is 9.98. The predicted octanol–water partition coefficient (Wildman–Crippen LogP) is 3.39. The van der Waals surface area contributed by atoms with Gasteiger partial charge >= 0.3 is 5.97 Å². The molecule has 3 aromatic rings.